The van der Waals surface area contributed by atoms with Crippen LogP contribution in [0.4, 0.5) is 0 Å². The van der Waals surface area contributed by atoms with Crippen LogP contribution in [-0.4, -0.2) is 34.4 Å². The highest BCUT2D eigenvalue weighted by Gasteiger charge is 2.17. The molecule has 0 saturated carbocycles. The van der Waals surface area contributed by atoms with E-state index in [1.54, 1.807) is 0 Å². The van der Waals surface area contributed by atoms with Crippen molar-refractivity contribution in [1.82, 2.24) is 14.5 Å². The Morgan fingerprint density at radius 3 is 2.21 bits per heavy atom. The first-order chi connectivity index (χ1) is 18.8. The molecule has 204 valence electrons. The quantitative estimate of drug-likeness (QED) is 0.124. The van der Waals surface area contributed by atoms with Crippen LogP contribution in [0.3, 0.4) is 0 Å². The van der Waals surface area contributed by atoms with Gasteiger partial charge in [-0.2, -0.15) is 0 Å². The van der Waals surface area contributed by atoms with Gasteiger partial charge in [0, 0.05) is 12.0 Å². The molecule has 2 aromatic carbocycles. The Morgan fingerprint density at radius 1 is 0.763 bits per heavy atom. The van der Waals surface area contributed by atoms with Crippen LogP contribution in [0.2, 0.25) is 0 Å². The van der Waals surface area contributed by atoms with Crippen molar-refractivity contribution in [2.24, 2.45) is 0 Å². The Morgan fingerprint density at radius 2 is 1.47 bits per heavy atom. The summed E-state index contributed by atoms with van der Waals surface area (Å²) < 4.78 is 14.2. The third-order valence-electron chi connectivity index (χ3n) is 7.38. The predicted molar refractivity (Wildman–Crippen MR) is 158 cm³/mol. The van der Waals surface area contributed by atoms with Gasteiger partial charge in [-0.3, -0.25) is 4.98 Å². The molecule has 0 aliphatic rings. The maximum absolute atomic E-state index is 6.03. The number of pyridine rings is 1. The minimum Gasteiger partial charge on any atom is -0.494 e. The number of ether oxygens (including phenoxy) is 2. The molecule has 0 unspecified atom stereocenters. The Bertz CT molecular complexity index is 1220. The molecule has 38 heavy (non-hydrogen) atoms. The molecule has 2 aromatic heterocycles. The molecule has 0 aliphatic heterocycles. The second-order valence-electron chi connectivity index (χ2n) is 10.4. The average Bonchev–Trinajstić information content (AvgIpc) is 3.39. The van der Waals surface area contributed by atoms with Crippen LogP contribution in [0.15, 0.2) is 61.1 Å². The first-order valence-corrected chi connectivity index (χ1v) is 14.8. The average molecular weight is 516 g/mol. The third-order valence-corrected chi connectivity index (χ3v) is 7.38. The molecule has 0 aliphatic carbocycles. The van der Waals surface area contributed by atoms with Crippen molar-refractivity contribution >= 4 is 21.9 Å². The molecule has 4 rings (SSSR count). The molecule has 0 radical (unpaired) electrons. The number of nitrogens with zero attached hydrogens (tertiary/aromatic N) is 3. The second kappa shape index (κ2) is 15.5. The van der Waals surface area contributed by atoms with Gasteiger partial charge in [0.15, 0.2) is 0 Å². The fraction of sp³-hybridized carbons (Fsp3) is 0.515. The molecule has 0 bridgehead atoms. The number of imidazole rings is 1. The van der Waals surface area contributed by atoms with Crippen molar-refractivity contribution in [3.63, 3.8) is 0 Å². The second-order valence-corrected chi connectivity index (χ2v) is 10.4. The number of rotatable bonds is 18. The van der Waals surface area contributed by atoms with E-state index in [1.807, 2.05) is 25.5 Å². The van der Waals surface area contributed by atoms with E-state index in [0.29, 0.717) is 13.2 Å². The summed E-state index contributed by atoms with van der Waals surface area (Å²) in [7, 11) is 0. The molecule has 5 nitrogen and oxygen atoms in total. The van der Waals surface area contributed by atoms with Gasteiger partial charge in [-0.25, -0.2) is 4.98 Å². The zero-order chi connectivity index (χ0) is 26.4. The molecule has 4 aromatic rings. The largest absolute Gasteiger partial charge is 0.494 e. The number of aromatic nitrogens is 3. The van der Waals surface area contributed by atoms with Gasteiger partial charge in [-0.15, -0.1) is 0 Å². The standard InChI is InChI=1S/C33H45N3O2/c1-3-5-6-7-8-9-10-11-12-15-22-38-29-20-18-27(19-21-29)23-28(25-37-4-2)36-26-35-32-24-34-31-17-14-13-16-30(31)33(32)36/h13-14,16-21,24,26,28H,3-12,15,22-23,25H2,1-2H3/t28-/m0/s1. The number of para-hydroxylation sites is 1. The fourth-order valence-electron chi connectivity index (χ4n) is 5.21. The zero-order valence-electron chi connectivity index (χ0n) is 23.4. The number of unbranched alkanes of at least 4 members (excludes halogenated alkanes) is 9. The summed E-state index contributed by atoms with van der Waals surface area (Å²) in [6, 6.07) is 17.0. The van der Waals surface area contributed by atoms with Gasteiger partial charge in [-0.05, 0) is 43.5 Å². The fourth-order valence-corrected chi connectivity index (χ4v) is 5.21. The predicted octanol–water partition coefficient (Wildman–Crippen LogP) is 8.70. The van der Waals surface area contributed by atoms with Crippen LogP contribution >= 0.6 is 0 Å². The lowest BCUT2D eigenvalue weighted by atomic mass is 10.1. The van der Waals surface area contributed by atoms with Gasteiger partial charge >= 0.3 is 0 Å². The van der Waals surface area contributed by atoms with Crippen molar-refractivity contribution < 1.29 is 9.47 Å². The molecular weight excluding hydrogens is 470 g/mol. The number of hydrogen-bond acceptors (Lipinski definition) is 4. The summed E-state index contributed by atoms with van der Waals surface area (Å²) >= 11 is 0. The Hall–Kier alpha value is -2.92. The van der Waals surface area contributed by atoms with Crippen molar-refractivity contribution in [3.05, 3.63) is 66.6 Å². The summed E-state index contributed by atoms with van der Waals surface area (Å²) in [5, 5.41) is 1.12. The molecule has 0 fully saturated rings. The zero-order valence-corrected chi connectivity index (χ0v) is 23.4. The van der Waals surface area contributed by atoms with E-state index in [-0.39, 0.29) is 6.04 Å². The summed E-state index contributed by atoms with van der Waals surface area (Å²) in [5.41, 5.74) is 4.29. The van der Waals surface area contributed by atoms with E-state index >= 15 is 0 Å². The van der Waals surface area contributed by atoms with Crippen LogP contribution in [0, 0.1) is 0 Å². The SMILES string of the molecule is CCCCCCCCCCCCOc1ccc(C[C@@H](COCC)n2cnc3cnc4ccccc4c32)cc1. The Labute approximate surface area is 228 Å². The monoisotopic (exact) mass is 515 g/mol. The van der Waals surface area contributed by atoms with Gasteiger partial charge in [-0.1, -0.05) is 95.0 Å². The molecule has 0 saturated heterocycles. The summed E-state index contributed by atoms with van der Waals surface area (Å²) in [6.45, 7) is 6.45. The minimum atomic E-state index is 0.143. The van der Waals surface area contributed by atoms with E-state index in [1.165, 1.54) is 63.4 Å². The smallest absolute Gasteiger partial charge is 0.119 e. The van der Waals surface area contributed by atoms with Crippen LogP contribution in [0.25, 0.3) is 21.9 Å². The molecular formula is C33H45N3O2. The van der Waals surface area contributed by atoms with Crippen molar-refractivity contribution in [3.8, 4) is 5.75 Å². The molecule has 1 atom stereocenters. The van der Waals surface area contributed by atoms with E-state index in [9.17, 15) is 0 Å². The van der Waals surface area contributed by atoms with E-state index < -0.39 is 0 Å². The highest BCUT2D eigenvalue weighted by molar-refractivity contribution is 6.02. The first kappa shape index (κ1) is 28.1. The lowest BCUT2D eigenvalue weighted by Crippen LogP contribution is -2.18. The summed E-state index contributed by atoms with van der Waals surface area (Å²) in [4.78, 5) is 9.24. The van der Waals surface area contributed by atoms with E-state index in [2.05, 4.69) is 63.9 Å². The van der Waals surface area contributed by atoms with Crippen molar-refractivity contribution in [1.29, 1.82) is 0 Å². The maximum atomic E-state index is 6.03. The molecule has 0 N–H and O–H groups in total. The molecule has 5 heteroatoms. The van der Waals surface area contributed by atoms with Crippen molar-refractivity contribution in [2.75, 3.05) is 19.8 Å². The molecule has 2 heterocycles. The van der Waals surface area contributed by atoms with E-state index in [4.69, 9.17) is 9.47 Å². The number of benzene rings is 2. The van der Waals surface area contributed by atoms with Gasteiger partial charge in [0.2, 0.25) is 0 Å². The lowest BCUT2D eigenvalue weighted by Gasteiger charge is -2.20. The highest BCUT2D eigenvalue weighted by Crippen LogP contribution is 2.28. The van der Waals surface area contributed by atoms with Gasteiger partial charge in [0.25, 0.3) is 0 Å². The topological polar surface area (TPSA) is 49.2 Å². The number of fused-ring (bicyclic) bond motifs is 3. The minimum absolute atomic E-state index is 0.143. The van der Waals surface area contributed by atoms with Crippen LogP contribution < -0.4 is 4.74 Å². The molecule has 0 amide bonds. The normalized spacial score (nSPS) is 12.4. The summed E-state index contributed by atoms with van der Waals surface area (Å²) in [6.07, 6.45) is 18.1. The van der Waals surface area contributed by atoms with Crippen LogP contribution in [0.5, 0.6) is 5.75 Å². The van der Waals surface area contributed by atoms with Gasteiger partial charge < -0.3 is 14.0 Å². The van der Waals surface area contributed by atoms with Crippen LogP contribution in [0.1, 0.15) is 89.7 Å². The van der Waals surface area contributed by atoms with E-state index in [0.717, 1.165) is 47.1 Å². The lowest BCUT2D eigenvalue weighted by molar-refractivity contribution is 0.114. The third kappa shape index (κ3) is 8.04. The first-order valence-electron chi connectivity index (χ1n) is 14.8. The molecule has 0 spiro atoms. The number of hydrogen-bond donors (Lipinski definition) is 0. The van der Waals surface area contributed by atoms with Crippen molar-refractivity contribution in [2.45, 2.75) is 90.5 Å². The maximum Gasteiger partial charge on any atom is 0.119 e. The van der Waals surface area contributed by atoms with Gasteiger partial charge in [0.1, 0.15) is 11.3 Å². The van der Waals surface area contributed by atoms with Crippen LogP contribution in [-0.2, 0) is 11.2 Å². The Kier molecular flexibility index (Phi) is 11.4. The summed E-state index contributed by atoms with van der Waals surface area (Å²) in [5.74, 6) is 0.955. The van der Waals surface area contributed by atoms with Gasteiger partial charge in [0.05, 0.1) is 42.8 Å². The Balaban J connectivity index is 1.28. The highest BCUT2D eigenvalue weighted by atomic mass is 16.5.